The van der Waals surface area contributed by atoms with Crippen LogP contribution in [0.4, 0.5) is 0 Å². The molecule has 0 unspecified atom stereocenters. The molecule has 4 heteroatoms. The molecule has 0 saturated carbocycles. The molecule has 0 radical (unpaired) electrons. The standard InChI is InChI=1S/C14H9Cl3O/c1-8(18)9-5-6-12(15)11(7-9)10-3-2-4-13(16)14(10)17/h2-7H,1H3. The van der Waals surface area contributed by atoms with E-state index in [-0.39, 0.29) is 5.78 Å². The largest absolute Gasteiger partial charge is 0.295 e. The molecule has 0 aliphatic heterocycles. The van der Waals surface area contributed by atoms with Crippen LogP contribution in [0.25, 0.3) is 11.1 Å². The van der Waals surface area contributed by atoms with Crippen LogP contribution in [0.3, 0.4) is 0 Å². The van der Waals surface area contributed by atoms with Gasteiger partial charge in [0.15, 0.2) is 5.78 Å². The molecule has 0 spiro atoms. The van der Waals surface area contributed by atoms with Gasteiger partial charge in [0.2, 0.25) is 0 Å². The summed E-state index contributed by atoms with van der Waals surface area (Å²) in [6.45, 7) is 1.51. The van der Waals surface area contributed by atoms with Gasteiger partial charge in [-0.25, -0.2) is 0 Å². The van der Waals surface area contributed by atoms with Gasteiger partial charge in [0.1, 0.15) is 0 Å². The molecule has 0 saturated heterocycles. The lowest BCUT2D eigenvalue weighted by Gasteiger charge is -2.09. The third-order valence-corrected chi connectivity index (χ3v) is 3.76. The summed E-state index contributed by atoms with van der Waals surface area (Å²) in [6.07, 6.45) is 0. The summed E-state index contributed by atoms with van der Waals surface area (Å²) in [5, 5.41) is 1.42. The van der Waals surface area contributed by atoms with Crippen LogP contribution in [0, 0.1) is 0 Å². The number of benzene rings is 2. The molecule has 18 heavy (non-hydrogen) atoms. The van der Waals surface area contributed by atoms with Crippen molar-refractivity contribution in [1.29, 1.82) is 0 Å². The first-order chi connectivity index (χ1) is 8.50. The molecular weight excluding hydrogens is 291 g/mol. The second-order valence-electron chi connectivity index (χ2n) is 3.85. The van der Waals surface area contributed by atoms with Gasteiger partial charge in [-0.15, -0.1) is 0 Å². The Balaban J connectivity index is 2.66. The molecule has 0 N–H and O–H groups in total. The zero-order chi connectivity index (χ0) is 13.3. The molecule has 0 amide bonds. The molecule has 0 aliphatic rings. The highest BCUT2D eigenvalue weighted by atomic mass is 35.5. The number of hydrogen-bond acceptors (Lipinski definition) is 1. The number of carbonyl (C=O) groups is 1. The number of hydrogen-bond donors (Lipinski definition) is 0. The first kappa shape index (κ1) is 13.4. The van der Waals surface area contributed by atoms with E-state index in [1.165, 1.54) is 6.92 Å². The Kier molecular flexibility index (Phi) is 3.96. The van der Waals surface area contributed by atoms with E-state index in [2.05, 4.69) is 0 Å². The van der Waals surface area contributed by atoms with E-state index in [9.17, 15) is 4.79 Å². The second kappa shape index (κ2) is 5.31. The third-order valence-electron chi connectivity index (χ3n) is 2.61. The van der Waals surface area contributed by atoms with Crippen LogP contribution in [0.15, 0.2) is 36.4 Å². The second-order valence-corrected chi connectivity index (χ2v) is 5.04. The number of rotatable bonds is 2. The van der Waals surface area contributed by atoms with E-state index >= 15 is 0 Å². The van der Waals surface area contributed by atoms with Crippen LogP contribution in [0.5, 0.6) is 0 Å². The maximum atomic E-state index is 11.4. The predicted molar refractivity (Wildman–Crippen MR) is 76.9 cm³/mol. The van der Waals surface area contributed by atoms with E-state index in [4.69, 9.17) is 34.8 Å². The third kappa shape index (κ3) is 2.54. The van der Waals surface area contributed by atoms with Gasteiger partial charge in [-0.3, -0.25) is 4.79 Å². The average molecular weight is 300 g/mol. The summed E-state index contributed by atoms with van der Waals surface area (Å²) in [7, 11) is 0. The van der Waals surface area contributed by atoms with E-state index in [1.54, 1.807) is 30.3 Å². The van der Waals surface area contributed by atoms with Crippen molar-refractivity contribution in [2.45, 2.75) is 6.92 Å². The van der Waals surface area contributed by atoms with Crippen LogP contribution in [0.2, 0.25) is 15.1 Å². The number of carbonyl (C=O) groups excluding carboxylic acids is 1. The molecule has 2 aromatic carbocycles. The highest BCUT2D eigenvalue weighted by Crippen LogP contribution is 2.37. The Morgan fingerprint density at radius 2 is 1.67 bits per heavy atom. The Morgan fingerprint density at radius 3 is 2.33 bits per heavy atom. The molecular formula is C14H9Cl3O. The molecule has 92 valence electrons. The minimum Gasteiger partial charge on any atom is -0.295 e. The lowest BCUT2D eigenvalue weighted by atomic mass is 10.0. The van der Waals surface area contributed by atoms with Crippen LogP contribution >= 0.6 is 34.8 Å². The van der Waals surface area contributed by atoms with Gasteiger partial charge < -0.3 is 0 Å². The monoisotopic (exact) mass is 298 g/mol. The fourth-order valence-corrected chi connectivity index (χ4v) is 2.28. The van der Waals surface area contributed by atoms with Gasteiger partial charge in [0.25, 0.3) is 0 Å². The number of halogens is 3. The summed E-state index contributed by atoms with van der Waals surface area (Å²) in [5.74, 6) is -0.0222. The van der Waals surface area contributed by atoms with Crippen LogP contribution in [-0.4, -0.2) is 5.78 Å². The van der Waals surface area contributed by atoms with Crippen LogP contribution < -0.4 is 0 Å². The summed E-state index contributed by atoms with van der Waals surface area (Å²) < 4.78 is 0. The first-order valence-corrected chi connectivity index (χ1v) is 6.39. The lowest BCUT2D eigenvalue weighted by Crippen LogP contribution is -1.93. The van der Waals surface area contributed by atoms with E-state index in [0.717, 1.165) is 5.56 Å². The fraction of sp³-hybridized carbons (Fsp3) is 0.0714. The number of Topliss-reactive ketones (excluding diaryl/α,β-unsaturated/α-hetero) is 1. The summed E-state index contributed by atoms with van der Waals surface area (Å²) in [6, 6.07) is 10.4. The molecule has 0 atom stereocenters. The van der Waals surface area contributed by atoms with E-state index < -0.39 is 0 Å². The van der Waals surface area contributed by atoms with Crippen molar-refractivity contribution in [3.05, 3.63) is 57.0 Å². The lowest BCUT2D eigenvalue weighted by molar-refractivity contribution is 0.101. The average Bonchev–Trinajstić information content (AvgIpc) is 2.33. The Morgan fingerprint density at radius 1 is 0.944 bits per heavy atom. The minimum absolute atomic E-state index is 0.0222. The molecule has 0 aliphatic carbocycles. The summed E-state index contributed by atoms with van der Waals surface area (Å²) in [4.78, 5) is 11.4. The molecule has 2 aromatic rings. The molecule has 2 rings (SSSR count). The normalized spacial score (nSPS) is 10.4. The number of ketones is 1. The highest BCUT2D eigenvalue weighted by Gasteiger charge is 2.12. The fourth-order valence-electron chi connectivity index (χ4n) is 1.66. The Hall–Kier alpha value is -1.02. The molecule has 0 heterocycles. The maximum Gasteiger partial charge on any atom is 0.159 e. The van der Waals surface area contributed by atoms with E-state index in [1.807, 2.05) is 6.07 Å². The van der Waals surface area contributed by atoms with Crippen molar-refractivity contribution in [1.82, 2.24) is 0 Å². The van der Waals surface area contributed by atoms with Crippen molar-refractivity contribution in [2.24, 2.45) is 0 Å². The summed E-state index contributed by atoms with van der Waals surface area (Å²) in [5.41, 5.74) is 2.01. The Bertz CT molecular complexity index is 620. The zero-order valence-corrected chi connectivity index (χ0v) is 11.8. The predicted octanol–water partition coefficient (Wildman–Crippen LogP) is 5.52. The summed E-state index contributed by atoms with van der Waals surface area (Å²) >= 11 is 18.3. The molecule has 0 aromatic heterocycles. The van der Waals surface area contributed by atoms with Crippen LogP contribution in [0.1, 0.15) is 17.3 Å². The molecule has 1 nitrogen and oxygen atoms in total. The van der Waals surface area contributed by atoms with Crippen molar-refractivity contribution in [2.75, 3.05) is 0 Å². The van der Waals surface area contributed by atoms with Crippen molar-refractivity contribution in [3.8, 4) is 11.1 Å². The van der Waals surface area contributed by atoms with Gasteiger partial charge >= 0.3 is 0 Å². The minimum atomic E-state index is -0.0222. The van der Waals surface area contributed by atoms with Crippen molar-refractivity contribution >= 4 is 40.6 Å². The van der Waals surface area contributed by atoms with Gasteiger partial charge in [-0.05, 0) is 31.2 Å². The highest BCUT2D eigenvalue weighted by molar-refractivity contribution is 6.44. The van der Waals surface area contributed by atoms with E-state index in [0.29, 0.717) is 26.2 Å². The molecule has 0 bridgehead atoms. The van der Waals surface area contributed by atoms with Gasteiger partial charge in [0.05, 0.1) is 10.0 Å². The van der Waals surface area contributed by atoms with Crippen molar-refractivity contribution in [3.63, 3.8) is 0 Å². The quantitative estimate of drug-likeness (QED) is 0.668. The van der Waals surface area contributed by atoms with Gasteiger partial charge in [-0.2, -0.15) is 0 Å². The SMILES string of the molecule is CC(=O)c1ccc(Cl)c(-c2cccc(Cl)c2Cl)c1. The van der Waals surface area contributed by atoms with Gasteiger partial charge in [0, 0.05) is 21.7 Å². The first-order valence-electron chi connectivity index (χ1n) is 5.25. The van der Waals surface area contributed by atoms with Gasteiger partial charge in [-0.1, -0.05) is 46.9 Å². The van der Waals surface area contributed by atoms with Crippen molar-refractivity contribution < 1.29 is 4.79 Å². The maximum absolute atomic E-state index is 11.4. The smallest absolute Gasteiger partial charge is 0.159 e. The zero-order valence-electron chi connectivity index (χ0n) is 9.51. The Labute approximate surface area is 120 Å². The topological polar surface area (TPSA) is 17.1 Å². The molecule has 0 fully saturated rings. The van der Waals surface area contributed by atoms with Crippen LogP contribution in [-0.2, 0) is 0 Å².